The van der Waals surface area contributed by atoms with Crippen molar-refractivity contribution in [2.24, 2.45) is 0 Å². The Kier molecular flexibility index (Phi) is 8.44. The third kappa shape index (κ3) is 6.52. The number of carbonyl (C=O) groups is 1. The minimum atomic E-state index is -4.77. The van der Waals surface area contributed by atoms with Gasteiger partial charge in [0.25, 0.3) is 5.91 Å². The van der Waals surface area contributed by atoms with Gasteiger partial charge in [0.05, 0.1) is 30.0 Å². The minimum absolute atomic E-state index is 0.0607. The normalized spacial score (nSPS) is 12.9. The summed E-state index contributed by atoms with van der Waals surface area (Å²) < 4.78 is 41.4. The van der Waals surface area contributed by atoms with E-state index in [1.165, 1.54) is 24.3 Å². The molecule has 0 aliphatic carbocycles. The van der Waals surface area contributed by atoms with Crippen molar-refractivity contribution in [2.75, 3.05) is 11.9 Å². The van der Waals surface area contributed by atoms with Gasteiger partial charge in [-0.05, 0) is 47.9 Å². The van der Waals surface area contributed by atoms with Crippen LogP contribution in [0.4, 0.5) is 18.9 Å². The second-order valence-electron chi connectivity index (χ2n) is 8.86. The molecule has 0 aliphatic heterocycles. The van der Waals surface area contributed by atoms with Gasteiger partial charge in [-0.3, -0.25) is 4.79 Å². The minimum Gasteiger partial charge on any atom is -0.395 e. The van der Waals surface area contributed by atoms with Crippen molar-refractivity contribution in [3.8, 4) is 11.8 Å². The lowest BCUT2D eigenvalue weighted by molar-refractivity contribution is -0.141. The van der Waals surface area contributed by atoms with Crippen LogP contribution in [0.2, 0.25) is 0 Å². The molecule has 0 aliphatic rings. The first-order valence-corrected chi connectivity index (χ1v) is 12.2. The number of halogens is 3. The average molecular weight is 534 g/mol. The lowest BCUT2D eigenvalue weighted by Gasteiger charge is -2.25. The number of amides is 1. The van der Waals surface area contributed by atoms with Crippen molar-refractivity contribution >= 4 is 11.6 Å². The number of carbonyl (C=O) groups excluding carboxylic acids is 1. The van der Waals surface area contributed by atoms with Crippen molar-refractivity contribution in [3.05, 3.63) is 113 Å². The number of aliphatic hydroxyl groups is 1. The standard InChI is InChI=1S/C29H26F3N5O2/c1-2-22(18-38)34-27(20-9-4-3-5-10-20)21-11-7-12-23(15-21)35-28(39)25-16-26(29(30,31)32)36-37(25)24-13-6-8-19(14-24)17-33/h3-16,22,27,34,38H,2,18H2,1H3,(H,35,39). The third-order valence-corrected chi connectivity index (χ3v) is 6.18. The van der Waals surface area contributed by atoms with Gasteiger partial charge in [0, 0.05) is 17.8 Å². The number of anilines is 1. The van der Waals surface area contributed by atoms with E-state index in [9.17, 15) is 28.3 Å². The SMILES string of the molecule is CCC(CO)NC(c1ccccc1)c1cccc(NC(=O)c2cc(C(F)(F)F)nn2-c2cccc(C#N)c2)c1. The highest BCUT2D eigenvalue weighted by atomic mass is 19.4. The van der Waals surface area contributed by atoms with Crippen molar-refractivity contribution in [1.82, 2.24) is 15.1 Å². The first-order valence-electron chi connectivity index (χ1n) is 12.2. The zero-order valence-electron chi connectivity index (χ0n) is 21.0. The molecule has 0 bridgehead atoms. The Morgan fingerprint density at radius 1 is 1.03 bits per heavy atom. The van der Waals surface area contributed by atoms with Crippen molar-refractivity contribution in [2.45, 2.75) is 31.6 Å². The van der Waals surface area contributed by atoms with Gasteiger partial charge in [-0.2, -0.15) is 23.5 Å². The number of nitrogens with zero attached hydrogens (tertiary/aromatic N) is 3. The maximum absolute atomic E-state index is 13.5. The van der Waals surface area contributed by atoms with Crippen molar-refractivity contribution in [3.63, 3.8) is 0 Å². The van der Waals surface area contributed by atoms with Crippen LogP contribution in [0.1, 0.15) is 52.3 Å². The van der Waals surface area contributed by atoms with Crippen LogP contribution < -0.4 is 10.6 Å². The van der Waals surface area contributed by atoms with E-state index in [2.05, 4.69) is 15.7 Å². The highest BCUT2D eigenvalue weighted by Gasteiger charge is 2.36. The molecule has 2 unspecified atom stereocenters. The molecule has 4 aromatic rings. The molecule has 200 valence electrons. The molecular weight excluding hydrogens is 507 g/mol. The molecule has 10 heteroatoms. The summed E-state index contributed by atoms with van der Waals surface area (Å²) in [6, 6.07) is 24.5. The molecule has 1 amide bonds. The molecule has 0 saturated heterocycles. The van der Waals surface area contributed by atoms with E-state index in [4.69, 9.17) is 0 Å². The molecule has 3 aromatic carbocycles. The number of benzene rings is 3. The van der Waals surface area contributed by atoms with Gasteiger partial charge in [-0.1, -0.05) is 55.5 Å². The summed E-state index contributed by atoms with van der Waals surface area (Å²) in [4.78, 5) is 13.3. The van der Waals surface area contributed by atoms with E-state index in [-0.39, 0.29) is 35.6 Å². The molecule has 39 heavy (non-hydrogen) atoms. The zero-order valence-corrected chi connectivity index (χ0v) is 21.0. The molecule has 2 atom stereocenters. The highest BCUT2D eigenvalue weighted by Crippen LogP contribution is 2.30. The Bertz CT molecular complexity index is 1470. The Hall–Kier alpha value is -4.46. The van der Waals surface area contributed by atoms with Crippen molar-refractivity contribution in [1.29, 1.82) is 5.26 Å². The zero-order chi connectivity index (χ0) is 28.0. The maximum Gasteiger partial charge on any atom is 0.435 e. The molecule has 1 heterocycles. The fourth-order valence-electron chi connectivity index (χ4n) is 4.14. The van der Waals surface area contributed by atoms with Gasteiger partial charge in [0.2, 0.25) is 0 Å². The lowest BCUT2D eigenvalue weighted by atomic mass is 9.97. The molecule has 3 N–H and O–H groups in total. The Labute approximate surface area is 223 Å². The van der Waals surface area contributed by atoms with Crippen LogP contribution in [0.15, 0.2) is 84.9 Å². The summed E-state index contributed by atoms with van der Waals surface area (Å²) in [6.45, 7) is 1.89. The van der Waals surface area contributed by atoms with E-state index < -0.39 is 17.8 Å². The van der Waals surface area contributed by atoms with E-state index >= 15 is 0 Å². The fourth-order valence-corrected chi connectivity index (χ4v) is 4.14. The van der Waals surface area contributed by atoms with Crippen LogP contribution in [-0.2, 0) is 6.18 Å². The molecule has 0 radical (unpaired) electrons. The smallest absolute Gasteiger partial charge is 0.395 e. The Morgan fingerprint density at radius 2 is 1.74 bits per heavy atom. The summed E-state index contributed by atoms with van der Waals surface area (Å²) >= 11 is 0. The number of hydrogen-bond donors (Lipinski definition) is 3. The van der Waals surface area contributed by atoms with Gasteiger partial charge in [0.1, 0.15) is 5.69 Å². The molecule has 0 saturated carbocycles. The maximum atomic E-state index is 13.5. The number of nitrogens with one attached hydrogen (secondary N) is 2. The van der Waals surface area contributed by atoms with Crippen LogP contribution in [0, 0.1) is 11.3 Å². The summed E-state index contributed by atoms with van der Waals surface area (Å²) in [5.41, 5.74) is 0.882. The van der Waals surface area contributed by atoms with E-state index in [1.54, 1.807) is 18.2 Å². The second kappa shape index (κ2) is 11.9. The van der Waals surface area contributed by atoms with Crippen LogP contribution >= 0.6 is 0 Å². The van der Waals surface area contributed by atoms with Crippen LogP contribution in [-0.4, -0.2) is 33.4 Å². The Morgan fingerprint density at radius 3 is 2.41 bits per heavy atom. The van der Waals surface area contributed by atoms with Gasteiger partial charge in [-0.15, -0.1) is 0 Å². The molecule has 4 rings (SSSR count). The largest absolute Gasteiger partial charge is 0.435 e. The van der Waals surface area contributed by atoms with E-state index in [0.29, 0.717) is 18.2 Å². The summed E-state index contributed by atoms with van der Waals surface area (Å²) in [7, 11) is 0. The topological polar surface area (TPSA) is 103 Å². The molecule has 0 spiro atoms. The molecule has 0 fully saturated rings. The fraction of sp³-hybridized carbons (Fsp3) is 0.207. The van der Waals surface area contributed by atoms with Gasteiger partial charge < -0.3 is 15.7 Å². The molecule has 1 aromatic heterocycles. The molecule has 7 nitrogen and oxygen atoms in total. The van der Waals surface area contributed by atoms with Gasteiger partial charge in [-0.25, -0.2) is 4.68 Å². The van der Waals surface area contributed by atoms with Gasteiger partial charge in [0.15, 0.2) is 5.69 Å². The van der Waals surface area contributed by atoms with E-state index in [0.717, 1.165) is 15.8 Å². The van der Waals surface area contributed by atoms with Gasteiger partial charge >= 0.3 is 6.18 Å². The van der Waals surface area contributed by atoms with Crippen LogP contribution in [0.3, 0.4) is 0 Å². The summed E-state index contributed by atoms with van der Waals surface area (Å²) in [5.74, 6) is -0.802. The molecular formula is C29H26F3N5O2. The van der Waals surface area contributed by atoms with E-state index in [1.807, 2.05) is 49.4 Å². The number of nitriles is 1. The number of hydrogen-bond acceptors (Lipinski definition) is 5. The number of aliphatic hydroxyl groups excluding tert-OH is 1. The third-order valence-electron chi connectivity index (χ3n) is 6.18. The van der Waals surface area contributed by atoms with Crippen molar-refractivity contribution < 1.29 is 23.1 Å². The summed E-state index contributed by atoms with van der Waals surface area (Å²) in [5, 5.41) is 28.7. The number of aromatic nitrogens is 2. The monoisotopic (exact) mass is 533 g/mol. The first kappa shape index (κ1) is 27.6. The average Bonchev–Trinajstić information content (AvgIpc) is 3.41. The number of alkyl halides is 3. The first-order chi connectivity index (χ1) is 18.7. The number of rotatable bonds is 9. The lowest BCUT2D eigenvalue weighted by Crippen LogP contribution is -2.35. The quantitative estimate of drug-likeness (QED) is 0.265. The second-order valence-corrected chi connectivity index (χ2v) is 8.86. The Balaban J connectivity index is 1.69. The van der Waals surface area contributed by atoms with Crippen LogP contribution in [0.5, 0.6) is 0 Å². The highest BCUT2D eigenvalue weighted by molar-refractivity contribution is 6.03. The summed E-state index contributed by atoms with van der Waals surface area (Å²) in [6.07, 6.45) is -4.08. The van der Waals surface area contributed by atoms with Crippen LogP contribution in [0.25, 0.3) is 5.69 Å². The predicted octanol–water partition coefficient (Wildman–Crippen LogP) is 5.46. The predicted molar refractivity (Wildman–Crippen MR) is 140 cm³/mol.